The third-order valence-corrected chi connectivity index (χ3v) is 3.82. The molecule has 1 aromatic rings. The topological polar surface area (TPSA) is 46.2 Å². The van der Waals surface area contributed by atoms with Gasteiger partial charge in [0.15, 0.2) is 0 Å². The number of carbonyl (C=O) groups excluding carboxylic acids is 2. The normalized spacial score (nSPS) is 15.0. The van der Waals surface area contributed by atoms with Crippen LogP contribution in [0.2, 0.25) is 0 Å². The van der Waals surface area contributed by atoms with Crippen LogP contribution in [0.5, 0.6) is 0 Å². The molecule has 3 nitrogen and oxygen atoms in total. The van der Waals surface area contributed by atoms with Gasteiger partial charge in [-0.25, -0.2) is 0 Å². The quantitative estimate of drug-likeness (QED) is 0.856. The minimum absolute atomic E-state index is 0.270. The van der Waals surface area contributed by atoms with Crippen molar-refractivity contribution >= 4 is 17.4 Å². The maximum absolute atomic E-state index is 12.0. The molecule has 0 bridgehead atoms. The Kier molecular flexibility index (Phi) is 4.07. The molecule has 0 aromatic heterocycles. The average molecular weight is 271 g/mol. The number of amides is 2. The summed E-state index contributed by atoms with van der Waals surface area (Å²) in [5.74, 6) is -0.544. The number of benzene rings is 1. The van der Waals surface area contributed by atoms with Gasteiger partial charge in [0.05, 0.1) is 5.57 Å². The highest BCUT2D eigenvalue weighted by Crippen LogP contribution is 2.31. The molecule has 2 amide bonds. The number of hydrogen-bond donors (Lipinski definition) is 1. The van der Waals surface area contributed by atoms with Crippen LogP contribution in [0.25, 0.3) is 5.57 Å². The van der Waals surface area contributed by atoms with E-state index in [0.717, 1.165) is 36.0 Å². The summed E-state index contributed by atoms with van der Waals surface area (Å²) in [7, 11) is 0. The molecule has 0 fully saturated rings. The lowest BCUT2D eigenvalue weighted by Gasteiger charge is -2.14. The fraction of sp³-hybridized carbons (Fsp3) is 0.412. The predicted molar refractivity (Wildman–Crippen MR) is 80.3 cm³/mol. The number of nitrogens with one attached hydrogen (secondary N) is 1. The Balaban J connectivity index is 2.63. The van der Waals surface area contributed by atoms with E-state index in [1.54, 1.807) is 6.92 Å². The highest BCUT2D eigenvalue weighted by molar-refractivity contribution is 6.36. The summed E-state index contributed by atoms with van der Waals surface area (Å²) in [6.45, 7) is 7.97. The van der Waals surface area contributed by atoms with Crippen molar-refractivity contribution in [2.24, 2.45) is 0 Å². The standard InChI is InChI=1S/C17H21NO2/c1-5-7-12-8-10(3)14(13(6-2)9-12)15-11(4)16(19)18-17(15)20/h8-9H,5-7H2,1-4H3,(H,18,19,20). The Labute approximate surface area is 120 Å². The smallest absolute Gasteiger partial charge is 0.259 e. The van der Waals surface area contributed by atoms with Gasteiger partial charge in [-0.15, -0.1) is 0 Å². The van der Waals surface area contributed by atoms with E-state index >= 15 is 0 Å². The summed E-state index contributed by atoms with van der Waals surface area (Å²) in [4.78, 5) is 23.7. The monoisotopic (exact) mass is 271 g/mol. The number of imide groups is 1. The summed E-state index contributed by atoms with van der Waals surface area (Å²) >= 11 is 0. The van der Waals surface area contributed by atoms with Crippen LogP contribution in [0.1, 0.15) is 49.4 Å². The van der Waals surface area contributed by atoms with Gasteiger partial charge < -0.3 is 0 Å². The first kappa shape index (κ1) is 14.5. The lowest BCUT2D eigenvalue weighted by Crippen LogP contribution is -2.23. The van der Waals surface area contributed by atoms with E-state index in [1.165, 1.54) is 5.56 Å². The summed E-state index contributed by atoms with van der Waals surface area (Å²) in [6, 6.07) is 4.30. The van der Waals surface area contributed by atoms with E-state index in [1.807, 2.05) is 6.92 Å². The van der Waals surface area contributed by atoms with Gasteiger partial charge in [0.25, 0.3) is 11.8 Å². The lowest BCUT2D eigenvalue weighted by molar-refractivity contribution is -0.123. The molecule has 1 aliphatic rings. The van der Waals surface area contributed by atoms with Crippen LogP contribution in [-0.2, 0) is 22.4 Å². The van der Waals surface area contributed by atoms with Crippen molar-refractivity contribution in [3.8, 4) is 0 Å². The molecule has 20 heavy (non-hydrogen) atoms. The van der Waals surface area contributed by atoms with Crippen LogP contribution in [0.3, 0.4) is 0 Å². The minimum atomic E-state index is -0.274. The molecular weight excluding hydrogens is 250 g/mol. The first-order valence-corrected chi connectivity index (χ1v) is 7.18. The van der Waals surface area contributed by atoms with Crippen LogP contribution < -0.4 is 5.32 Å². The van der Waals surface area contributed by atoms with Crippen molar-refractivity contribution in [2.75, 3.05) is 0 Å². The highest BCUT2D eigenvalue weighted by Gasteiger charge is 2.30. The van der Waals surface area contributed by atoms with Crippen LogP contribution in [0.4, 0.5) is 0 Å². The first-order chi connectivity index (χ1) is 9.49. The largest absolute Gasteiger partial charge is 0.288 e. The molecule has 1 N–H and O–H groups in total. The molecule has 0 saturated carbocycles. The third kappa shape index (κ3) is 2.40. The Bertz CT molecular complexity index is 612. The maximum Gasteiger partial charge on any atom is 0.259 e. The van der Waals surface area contributed by atoms with E-state index in [9.17, 15) is 9.59 Å². The summed E-state index contributed by atoms with van der Waals surface area (Å²) in [6.07, 6.45) is 2.99. The Hall–Kier alpha value is -1.90. The van der Waals surface area contributed by atoms with Gasteiger partial charge in [0.2, 0.25) is 0 Å². The number of rotatable bonds is 4. The van der Waals surface area contributed by atoms with E-state index in [4.69, 9.17) is 0 Å². The van der Waals surface area contributed by atoms with Crippen LogP contribution in [0, 0.1) is 6.92 Å². The second kappa shape index (κ2) is 5.61. The Morgan fingerprint density at radius 1 is 1.05 bits per heavy atom. The molecular formula is C17H21NO2. The maximum atomic E-state index is 12.0. The molecule has 1 heterocycles. The molecule has 106 valence electrons. The SMILES string of the molecule is CCCc1cc(C)c(C2=C(C)C(=O)NC2=O)c(CC)c1. The van der Waals surface area contributed by atoms with Gasteiger partial charge in [-0.1, -0.05) is 32.4 Å². The fourth-order valence-corrected chi connectivity index (χ4v) is 2.85. The Morgan fingerprint density at radius 3 is 2.25 bits per heavy atom. The van der Waals surface area contributed by atoms with Crippen molar-refractivity contribution in [1.29, 1.82) is 0 Å². The number of aryl methyl sites for hydroxylation is 3. The zero-order chi connectivity index (χ0) is 14.9. The number of hydrogen-bond acceptors (Lipinski definition) is 2. The zero-order valence-electron chi connectivity index (χ0n) is 12.6. The van der Waals surface area contributed by atoms with E-state index in [0.29, 0.717) is 11.1 Å². The van der Waals surface area contributed by atoms with E-state index in [-0.39, 0.29) is 11.8 Å². The van der Waals surface area contributed by atoms with Gasteiger partial charge in [-0.3, -0.25) is 14.9 Å². The lowest BCUT2D eigenvalue weighted by atomic mass is 9.89. The molecule has 1 aromatic carbocycles. The summed E-state index contributed by atoms with van der Waals surface area (Å²) in [5.41, 5.74) is 5.53. The van der Waals surface area contributed by atoms with Crippen molar-refractivity contribution in [3.05, 3.63) is 40.0 Å². The zero-order valence-corrected chi connectivity index (χ0v) is 12.6. The predicted octanol–water partition coefficient (Wildman–Crippen LogP) is 2.94. The minimum Gasteiger partial charge on any atom is -0.288 e. The van der Waals surface area contributed by atoms with Gasteiger partial charge in [-0.2, -0.15) is 0 Å². The van der Waals surface area contributed by atoms with Gasteiger partial charge in [0, 0.05) is 5.57 Å². The molecule has 0 aliphatic carbocycles. The van der Waals surface area contributed by atoms with Crippen LogP contribution in [0.15, 0.2) is 17.7 Å². The Morgan fingerprint density at radius 2 is 1.75 bits per heavy atom. The second-order valence-electron chi connectivity index (χ2n) is 5.33. The average Bonchev–Trinajstić information content (AvgIpc) is 2.64. The van der Waals surface area contributed by atoms with Gasteiger partial charge in [0.1, 0.15) is 0 Å². The van der Waals surface area contributed by atoms with Crippen LogP contribution >= 0.6 is 0 Å². The molecule has 1 aliphatic heterocycles. The highest BCUT2D eigenvalue weighted by atomic mass is 16.2. The van der Waals surface area contributed by atoms with Crippen LogP contribution in [-0.4, -0.2) is 11.8 Å². The molecule has 2 rings (SSSR count). The third-order valence-electron chi connectivity index (χ3n) is 3.82. The molecule has 0 radical (unpaired) electrons. The summed E-state index contributed by atoms with van der Waals surface area (Å²) in [5, 5.41) is 2.38. The van der Waals surface area contributed by atoms with Gasteiger partial charge >= 0.3 is 0 Å². The first-order valence-electron chi connectivity index (χ1n) is 7.18. The fourth-order valence-electron chi connectivity index (χ4n) is 2.85. The molecule has 0 spiro atoms. The van der Waals surface area contributed by atoms with Crippen molar-refractivity contribution in [3.63, 3.8) is 0 Å². The van der Waals surface area contributed by atoms with Gasteiger partial charge in [-0.05, 0) is 48.9 Å². The molecule has 3 heteroatoms. The second-order valence-corrected chi connectivity index (χ2v) is 5.33. The van der Waals surface area contributed by atoms with Crippen molar-refractivity contribution in [1.82, 2.24) is 5.32 Å². The van der Waals surface area contributed by atoms with Crippen molar-refractivity contribution in [2.45, 2.75) is 47.0 Å². The molecule has 0 unspecified atom stereocenters. The van der Waals surface area contributed by atoms with E-state index in [2.05, 4.69) is 31.3 Å². The molecule has 0 saturated heterocycles. The molecule has 0 atom stereocenters. The van der Waals surface area contributed by atoms with E-state index < -0.39 is 0 Å². The van der Waals surface area contributed by atoms with Crippen molar-refractivity contribution < 1.29 is 9.59 Å². The summed E-state index contributed by atoms with van der Waals surface area (Å²) < 4.78 is 0. The number of carbonyl (C=O) groups is 2.